The molecule has 1 saturated carbocycles. The summed E-state index contributed by atoms with van der Waals surface area (Å²) in [6.45, 7) is 3.08. The molecule has 5 rings (SSSR count). The van der Waals surface area contributed by atoms with Gasteiger partial charge in [0.15, 0.2) is 0 Å². The van der Waals surface area contributed by atoms with E-state index in [4.69, 9.17) is 0 Å². The van der Waals surface area contributed by atoms with Crippen molar-refractivity contribution in [2.75, 3.05) is 30.2 Å². The first-order chi connectivity index (χ1) is 20.9. The van der Waals surface area contributed by atoms with Crippen molar-refractivity contribution in [2.24, 2.45) is 11.8 Å². The Kier molecular flexibility index (Phi) is 9.62. The van der Waals surface area contributed by atoms with E-state index in [0.717, 1.165) is 22.0 Å². The molecule has 3 aromatic rings. The van der Waals surface area contributed by atoms with E-state index in [9.17, 15) is 31.5 Å². The molecule has 12 heteroatoms. The maximum atomic E-state index is 13.8. The molecule has 1 aliphatic heterocycles. The third-order valence-corrected chi connectivity index (χ3v) is 10.9. The highest BCUT2D eigenvalue weighted by atomic mass is 32.2. The van der Waals surface area contributed by atoms with Gasteiger partial charge < -0.3 is 20.3 Å². The van der Waals surface area contributed by atoms with Crippen LogP contribution in [-0.4, -0.2) is 68.2 Å². The Balaban J connectivity index is 1.35. The number of carbonyl (C=O) groups excluding carboxylic acids is 1. The number of nitrogens with zero attached hydrogens (tertiary/aromatic N) is 2. The minimum Gasteiger partial charge on any atom is -0.390 e. The Labute approximate surface area is 256 Å². The fraction of sp³-hybridized carbons (Fsp3) is 0.531. The number of rotatable bonds is 10. The van der Waals surface area contributed by atoms with Crippen LogP contribution in [0.5, 0.6) is 0 Å². The lowest BCUT2D eigenvalue weighted by molar-refractivity contribution is -0.185. The van der Waals surface area contributed by atoms with Gasteiger partial charge in [-0.2, -0.15) is 13.2 Å². The molecule has 2 unspecified atom stereocenters. The highest BCUT2D eigenvalue weighted by Gasteiger charge is 2.42. The van der Waals surface area contributed by atoms with E-state index >= 15 is 0 Å². The quantitative estimate of drug-likeness (QED) is 0.302. The molecular weight excluding hydrogens is 593 g/mol. The SMILES string of the molecule is CCn1cc2c3c(cc(C(=O)N[C@@H](Cc4ccccc4)[C@H](O)CNCC4CCCC(C(F)(F)F)C4)cc31)N(C)S(=O)(=O)CC2. The highest BCUT2D eigenvalue weighted by Crippen LogP contribution is 2.40. The molecular formula is C32H41F3N4O4S. The van der Waals surface area contributed by atoms with E-state index in [2.05, 4.69) is 10.6 Å². The number of hydrogen-bond donors (Lipinski definition) is 3. The molecule has 240 valence electrons. The predicted octanol–water partition coefficient (Wildman–Crippen LogP) is 4.64. The van der Waals surface area contributed by atoms with Crippen LogP contribution < -0.4 is 14.9 Å². The Morgan fingerprint density at radius 2 is 1.91 bits per heavy atom. The summed E-state index contributed by atoms with van der Waals surface area (Å²) in [5.41, 5.74) is 3.29. The number of anilines is 1. The fourth-order valence-electron chi connectivity index (χ4n) is 6.60. The number of aromatic nitrogens is 1. The van der Waals surface area contributed by atoms with Crippen molar-refractivity contribution in [3.05, 3.63) is 65.4 Å². The molecule has 3 N–H and O–H groups in total. The summed E-state index contributed by atoms with van der Waals surface area (Å²) in [5, 5.41) is 18.2. The van der Waals surface area contributed by atoms with E-state index in [1.807, 2.05) is 48.0 Å². The maximum absolute atomic E-state index is 13.8. The lowest BCUT2D eigenvalue weighted by atomic mass is 9.81. The smallest absolute Gasteiger partial charge is 0.390 e. The monoisotopic (exact) mass is 634 g/mol. The zero-order chi connectivity index (χ0) is 31.6. The van der Waals surface area contributed by atoms with Crippen molar-refractivity contribution in [3.8, 4) is 0 Å². The van der Waals surface area contributed by atoms with Gasteiger partial charge in [-0.05, 0) is 74.8 Å². The van der Waals surface area contributed by atoms with Gasteiger partial charge in [0.2, 0.25) is 10.0 Å². The third-order valence-electron chi connectivity index (χ3n) is 9.14. The molecule has 1 amide bonds. The van der Waals surface area contributed by atoms with Crippen LogP contribution in [0.3, 0.4) is 0 Å². The summed E-state index contributed by atoms with van der Waals surface area (Å²) in [6, 6.07) is 12.0. The average molecular weight is 635 g/mol. The van der Waals surface area contributed by atoms with Gasteiger partial charge in [0, 0.05) is 37.3 Å². The van der Waals surface area contributed by atoms with Crippen molar-refractivity contribution >= 4 is 32.5 Å². The Morgan fingerprint density at radius 1 is 1.16 bits per heavy atom. The summed E-state index contributed by atoms with van der Waals surface area (Å²) in [7, 11) is -2.07. The zero-order valence-corrected chi connectivity index (χ0v) is 25.9. The standard InChI is InChI=1S/C32H41F3N4O4S/c1-3-39-20-23-12-13-44(42,43)38(2)27-16-24(17-28(39)30(23)27)31(41)37-26(15-21-8-5-4-6-9-21)29(40)19-36-18-22-10-7-11-25(14-22)32(33,34)35/h4-6,8-9,16-17,20,22,25-26,29,36,40H,3,7,10-15,18-19H2,1-2H3,(H,37,41)/t22?,25?,26-,29+/m0/s1. The molecule has 1 aliphatic carbocycles. The van der Waals surface area contributed by atoms with E-state index in [0.29, 0.717) is 44.5 Å². The number of benzene rings is 2. The second-order valence-corrected chi connectivity index (χ2v) is 14.2. The number of aliphatic hydroxyl groups excluding tert-OH is 1. The molecule has 4 atom stereocenters. The van der Waals surface area contributed by atoms with Crippen LogP contribution in [0.25, 0.3) is 10.9 Å². The molecule has 0 radical (unpaired) electrons. The minimum atomic E-state index is -4.19. The number of aryl methyl sites for hydroxylation is 2. The highest BCUT2D eigenvalue weighted by molar-refractivity contribution is 7.92. The Morgan fingerprint density at radius 3 is 2.61 bits per heavy atom. The largest absolute Gasteiger partial charge is 0.391 e. The van der Waals surface area contributed by atoms with Gasteiger partial charge in [-0.1, -0.05) is 36.8 Å². The van der Waals surface area contributed by atoms with Crippen LogP contribution >= 0.6 is 0 Å². The van der Waals surface area contributed by atoms with Gasteiger partial charge in [0.25, 0.3) is 5.91 Å². The summed E-state index contributed by atoms with van der Waals surface area (Å²) < 4.78 is 68.9. The molecule has 0 spiro atoms. The van der Waals surface area contributed by atoms with Gasteiger partial charge in [0.05, 0.1) is 35.0 Å². The van der Waals surface area contributed by atoms with E-state index in [1.54, 1.807) is 12.1 Å². The normalized spacial score (nSPS) is 21.5. The molecule has 1 fully saturated rings. The van der Waals surface area contributed by atoms with Crippen LogP contribution in [0.2, 0.25) is 0 Å². The predicted molar refractivity (Wildman–Crippen MR) is 165 cm³/mol. The van der Waals surface area contributed by atoms with Gasteiger partial charge in [0.1, 0.15) is 0 Å². The summed E-state index contributed by atoms with van der Waals surface area (Å²) in [6.07, 6.45) is -1.10. The molecule has 2 aromatic carbocycles. The first-order valence-corrected chi connectivity index (χ1v) is 16.9. The maximum Gasteiger partial charge on any atom is 0.391 e. The molecule has 0 saturated heterocycles. The third kappa shape index (κ3) is 7.07. The topological polar surface area (TPSA) is 104 Å². The Hall–Kier alpha value is -3.09. The Bertz CT molecular complexity index is 1580. The van der Waals surface area contributed by atoms with Gasteiger partial charge >= 0.3 is 6.18 Å². The van der Waals surface area contributed by atoms with Crippen LogP contribution in [0, 0.1) is 11.8 Å². The second-order valence-electron chi connectivity index (χ2n) is 12.1. The molecule has 8 nitrogen and oxygen atoms in total. The van der Waals surface area contributed by atoms with Crippen molar-refractivity contribution in [1.29, 1.82) is 0 Å². The number of carbonyl (C=O) groups is 1. The van der Waals surface area contributed by atoms with Crippen LogP contribution in [-0.2, 0) is 29.4 Å². The molecule has 1 aromatic heterocycles. The lowest BCUT2D eigenvalue weighted by Crippen LogP contribution is -2.49. The lowest BCUT2D eigenvalue weighted by Gasteiger charge is -2.31. The van der Waals surface area contributed by atoms with Crippen LogP contribution in [0.4, 0.5) is 18.9 Å². The second kappa shape index (κ2) is 13.1. The van der Waals surface area contributed by atoms with Gasteiger partial charge in [-0.15, -0.1) is 0 Å². The molecule has 0 bridgehead atoms. The number of nitrogens with one attached hydrogen (secondary N) is 2. The summed E-state index contributed by atoms with van der Waals surface area (Å²) in [5.74, 6) is -1.91. The molecule has 44 heavy (non-hydrogen) atoms. The zero-order valence-electron chi connectivity index (χ0n) is 25.1. The van der Waals surface area contributed by atoms with E-state index < -0.39 is 40.2 Å². The van der Waals surface area contributed by atoms with E-state index in [1.165, 1.54) is 11.4 Å². The van der Waals surface area contributed by atoms with Crippen LogP contribution in [0.1, 0.15) is 54.1 Å². The molecule has 2 aliphatic rings. The number of sulfonamides is 1. The number of halogens is 3. The van der Waals surface area contributed by atoms with E-state index in [-0.39, 0.29) is 36.6 Å². The first-order valence-electron chi connectivity index (χ1n) is 15.3. The average Bonchev–Trinajstić information content (AvgIpc) is 3.32. The van der Waals surface area contributed by atoms with Gasteiger partial charge in [-0.3, -0.25) is 9.10 Å². The number of alkyl halides is 3. The van der Waals surface area contributed by atoms with Gasteiger partial charge in [-0.25, -0.2) is 8.42 Å². The fourth-order valence-corrected chi connectivity index (χ4v) is 7.80. The number of amides is 1. The van der Waals surface area contributed by atoms with Crippen LogP contribution in [0.15, 0.2) is 48.7 Å². The van der Waals surface area contributed by atoms with Crippen molar-refractivity contribution in [2.45, 2.75) is 70.3 Å². The number of hydrogen-bond acceptors (Lipinski definition) is 5. The minimum absolute atomic E-state index is 0.0292. The number of aliphatic hydroxyl groups is 1. The van der Waals surface area contributed by atoms with Crippen molar-refractivity contribution in [3.63, 3.8) is 0 Å². The summed E-state index contributed by atoms with van der Waals surface area (Å²) >= 11 is 0. The van der Waals surface area contributed by atoms with Crippen molar-refractivity contribution < 1.29 is 31.5 Å². The molecule has 2 heterocycles. The van der Waals surface area contributed by atoms with Crippen molar-refractivity contribution in [1.82, 2.24) is 15.2 Å². The summed E-state index contributed by atoms with van der Waals surface area (Å²) in [4.78, 5) is 13.8. The first kappa shape index (κ1) is 32.3.